The molecule has 0 spiro atoms. The fraction of sp³-hybridized carbons (Fsp3) is 0.296. The van der Waals surface area contributed by atoms with E-state index in [9.17, 15) is 13.2 Å². The van der Waals surface area contributed by atoms with E-state index in [0.29, 0.717) is 23.2 Å². The van der Waals surface area contributed by atoms with Crippen LogP contribution in [0.15, 0.2) is 75.5 Å². The van der Waals surface area contributed by atoms with Crippen LogP contribution in [0.25, 0.3) is 28.0 Å². The second-order valence-corrected chi connectivity index (χ2v) is 11.6. The zero-order valence-electron chi connectivity index (χ0n) is 20.7. The average molecular weight is 532 g/mol. The number of nitrogens with one attached hydrogen (secondary N) is 3. The third kappa shape index (κ3) is 5.13. The second kappa shape index (κ2) is 9.82. The van der Waals surface area contributed by atoms with Crippen LogP contribution in [0, 0.1) is 0 Å². The van der Waals surface area contributed by atoms with E-state index in [2.05, 4.69) is 25.0 Å². The number of aromatic nitrogens is 3. The molecule has 0 unspecified atom stereocenters. The Kier molecular flexibility index (Phi) is 6.34. The predicted octanol–water partition coefficient (Wildman–Crippen LogP) is 2.28. The lowest BCUT2D eigenvalue weighted by Gasteiger charge is -2.23. The molecule has 2 fully saturated rings. The van der Waals surface area contributed by atoms with Crippen LogP contribution in [0.1, 0.15) is 31.2 Å². The van der Waals surface area contributed by atoms with Crippen molar-refractivity contribution in [3.8, 4) is 16.9 Å². The van der Waals surface area contributed by atoms with E-state index in [-0.39, 0.29) is 10.9 Å². The van der Waals surface area contributed by atoms with Crippen molar-refractivity contribution in [1.82, 2.24) is 24.6 Å². The van der Waals surface area contributed by atoms with Crippen molar-refractivity contribution in [3.05, 3.63) is 76.8 Å². The molecule has 10 nitrogen and oxygen atoms in total. The third-order valence-electron chi connectivity index (χ3n) is 6.95. The summed E-state index contributed by atoms with van der Waals surface area (Å²) in [6.07, 6.45) is 5.44. The van der Waals surface area contributed by atoms with Crippen molar-refractivity contribution < 1.29 is 8.42 Å². The Balaban J connectivity index is 1.23. The first-order chi connectivity index (χ1) is 18.4. The maximum Gasteiger partial charge on any atom is 0.354 e. The first-order valence-electron chi connectivity index (χ1n) is 12.8. The fourth-order valence-corrected chi connectivity index (χ4v) is 5.95. The van der Waals surface area contributed by atoms with Crippen molar-refractivity contribution in [2.24, 2.45) is 10.7 Å². The van der Waals surface area contributed by atoms with Crippen LogP contribution in [0.3, 0.4) is 0 Å². The van der Waals surface area contributed by atoms with E-state index in [0.717, 1.165) is 61.0 Å². The first-order valence-corrected chi connectivity index (χ1v) is 14.2. The second-order valence-electron chi connectivity index (χ2n) is 9.84. The molecule has 0 amide bonds. The standard InChI is InChI=1S/C27H29N7O3S/c28-25(30-20-5-6-20)18-1-7-22(8-2-18)34-16-19-15-24(31-26(19)32-27(34)35)17-3-9-23(10-4-17)38(36,37)33-21-11-13-29-14-12-21/h1-4,7-10,15-16,20-21,29,33H,5-6,11-14H2,(H2,28,30)(H,31,32,35). The Morgan fingerprint density at radius 2 is 1.74 bits per heavy atom. The highest BCUT2D eigenvalue weighted by atomic mass is 32.2. The highest BCUT2D eigenvalue weighted by molar-refractivity contribution is 7.89. The lowest BCUT2D eigenvalue weighted by atomic mass is 10.1. The summed E-state index contributed by atoms with van der Waals surface area (Å²) in [6, 6.07) is 16.2. The molecule has 6 rings (SSSR count). The summed E-state index contributed by atoms with van der Waals surface area (Å²) in [4.78, 5) is 24.9. The van der Waals surface area contributed by atoms with Gasteiger partial charge in [0.2, 0.25) is 10.0 Å². The van der Waals surface area contributed by atoms with E-state index >= 15 is 0 Å². The largest absolute Gasteiger partial charge is 0.383 e. The molecule has 0 atom stereocenters. The van der Waals surface area contributed by atoms with Gasteiger partial charge in [0.1, 0.15) is 11.5 Å². The molecule has 1 aliphatic carbocycles. The maximum absolute atomic E-state index is 12.8. The number of aliphatic imine (C=N–C) groups is 1. The summed E-state index contributed by atoms with van der Waals surface area (Å²) in [5, 5.41) is 3.99. The van der Waals surface area contributed by atoms with Gasteiger partial charge in [-0.15, -0.1) is 0 Å². The Hall–Kier alpha value is -3.80. The number of fused-ring (bicyclic) bond motifs is 1. The molecule has 1 saturated heterocycles. The predicted molar refractivity (Wildman–Crippen MR) is 147 cm³/mol. The minimum absolute atomic E-state index is 0.0573. The van der Waals surface area contributed by atoms with Crippen LogP contribution in [0.4, 0.5) is 0 Å². The number of rotatable bonds is 7. The molecule has 0 bridgehead atoms. The molecule has 11 heteroatoms. The number of H-pyrrole nitrogens is 1. The van der Waals surface area contributed by atoms with E-state index in [1.54, 1.807) is 30.5 Å². The van der Waals surface area contributed by atoms with Gasteiger partial charge in [0.05, 0.1) is 16.6 Å². The van der Waals surface area contributed by atoms with Crippen LogP contribution in [0.2, 0.25) is 0 Å². The van der Waals surface area contributed by atoms with Crippen LogP contribution in [-0.4, -0.2) is 54.0 Å². The van der Waals surface area contributed by atoms with Crippen LogP contribution in [0.5, 0.6) is 0 Å². The fourth-order valence-electron chi connectivity index (χ4n) is 4.64. The number of nitrogens with two attached hydrogens (primary N) is 1. The Bertz CT molecular complexity index is 1660. The number of piperidine rings is 1. The van der Waals surface area contributed by atoms with E-state index in [1.807, 2.05) is 30.3 Å². The summed E-state index contributed by atoms with van der Waals surface area (Å²) in [5.74, 6) is 0.510. The lowest BCUT2D eigenvalue weighted by molar-refractivity contribution is 0.427. The maximum atomic E-state index is 12.8. The van der Waals surface area contributed by atoms with E-state index in [1.165, 1.54) is 4.57 Å². The van der Waals surface area contributed by atoms with Gasteiger partial charge in [0, 0.05) is 28.9 Å². The quantitative estimate of drug-likeness (QED) is 0.212. The lowest BCUT2D eigenvalue weighted by Crippen LogP contribution is -2.42. The van der Waals surface area contributed by atoms with Gasteiger partial charge < -0.3 is 16.0 Å². The van der Waals surface area contributed by atoms with Gasteiger partial charge >= 0.3 is 5.69 Å². The topological polar surface area (TPSA) is 147 Å². The molecule has 2 aromatic heterocycles. The molecule has 1 aliphatic heterocycles. The summed E-state index contributed by atoms with van der Waals surface area (Å²) in [7, 11) is -3.60. The number of aromatic amines is 1. The zero-order chi connectivity index (χ0) is 26.3. The molecule has 196 valence electrons. The van der Waals surface area contributed by atoms with Gasteiger partial charge in [-0.2, -0.15) is 4.98 Å². The van der Waals surface area contributed by atoms with Gasteiger partial charge in [-0.05, 0) is 86.8 Å². The summed E-state index contributed by atoms with van der Waals surface area (Å²) in [5.41, 5.74) is 9.16. The molecule has 5 N–H and O–H groups in total. The molecule has 0 radical (unpaired) electrons. The molecular weight excluding hydrogens is 502 g/mol. The zero-order valence-corrected chi connectivity index (χ0v) is 21.5. The van der Waals surface area contributed by atoms with Gasteiger partial charge in [-0.25, -0.2) is 17.9 Å². The van der Waals surface area contributed by atoms with Crippen molar-refractivity contribution in [1.29, 1.82) is 0 Å². The minimum atomic E-state index is -3.60. The Morgan fingerprint density at radius 1 is 1.03 bits per heavy atom. The van der Waals surface area contributed by atoms with Crippen LogP contribution < -0.4 is 21.5 Å². The Labute approximate surface area is 220 Å². The monoisotopic (exact) mass is 531 g/mol. The number of hydrogen-bond acceptors (Lipinski definition) is 6. The Morgan fingerprint density at radius 3 is 2.42 bits per heavy atom. The molecule has 2 aromatic carbocycles. The van der Waals surface area contributed by atoms with Gasteiger partial charge in [0.25, 0.3) is 0 Å². The number of nitrogens with zero attached hydrogens (tertiary/aromatic N) is 3. The molecular formula is C27H29N7O3S. The third-order valence-corrected chi connectivity index (χ3v) is 8.49. The summed E-state index contributed by atoms with van der Waals surface area (Å²) < 4.78 is 29.9. The van der Waals surface area contributed by atoms with Crippen molar-refractivity contribution in [2.45, 2.75) is 42.7 Å². The molecule has 4 aromatic rings. The van der Waals surface area contributed by atoms with Gasteiger partial charge in [-0.3, -0.25) is 9.56 Å². The number of hydrogen-bond donors (Lipinski definition) is 4. The van der Waals surface area contributed by atoms with Gasteiger partial charge in [0.15, 0.2) is 0 Å². The SMILES string of the molecule is NC(=NC1CC1)c1ccc(-n2cc3cc(-c4ccc(S(=O)(=O)NC5CCNCC5)cc4)[nH]c3nc2=O)cc1. The smallest absolute Gasteiger partial charge is 0.354 e. The van der Waals surface area contributed by atoms with Crippen molar-refractivity contribution >= 4 is 26.9 Å². The van der Waals surface area contributed by atoms with Crippen molar-refractivity contribution in [2.75, 3.05) is 13.1 Å². The highest BCUT2D eigenvalue weighted by Gasteiger charge is 2.22. The normalized spacial score (nSPS) is 17.2. The molecule has 38 heavy (non-hydrogen) atoms. The highest BCUT2D eigenvalue weighted by Crippen LogP contribution is 2.25. The van der Waals surface area contributed by atoms with Crippen molar-refractivity contribution in [3.63, 3.8) is 0 Å². The molecule has 1 saturated carbocycles. The number of sulfonamides is 1. The van der Waals surface area contributed by atoms with Crippen LogP contribution >= 0.6 is 0 Å². The number of amidine groups is 1. The van der Waals surface area contributed by atoms with Gasteiger partial charge in [-0.1, -0.05) is 12.1 Å². The average Bonchev–Trinajstić information content (AvgIpc) is 3.64. The van der Waals surface area contributed by atoms with E-state index in [4.69, 9.17) is 5.73 Å². The van der Waals surface area contributed by atoms with E-state index < -0.39 is 15.7 Å². The minimum Gasteiger partial charge on any atom is -0.383 e. The first kappa shape index (κ1) is 24.5. The summed E-state index contributed by atoms with van der Waals surface area (Å²) in [6.45, 7) is 1.61. The number of benzene rings is 2. The molecule has 3 heterocycles. The summed E-state index contributed by atoms with van der Waals surface area (Å²) >= 11 is 0. The van der Waals surface area contributed by atoms with Crippen LogP contribution in [-0.2, 0) is 10.0 Å². The molecule has 2 aliphatic rings.